The largest absolute Gasteiger partial charge is 0.508 e. The van der Waals surface area contributed by atoms with Crippen LogP contribution in [0, 0.1) is 20.8 Å². The van der Waals surface area contributed by atoms with Gasteiger partial charge < -0.3 is 10.4 Å². The summed E-state index contributed by atoms with van der Waals surface area (Å²) in [6, 6.07) is 17.3. The van der Waals surface area contributed by atoms with Crippen LogP contribution in [0.2, 0.25) is 0 Å². The summed E-state index contributed by atoms with van der Waals surface area (Å²) < 4.78 is 0. The minimum absolute atomic E-state index is 0.216. The van der Waals surface area contributed by atoms with Gasteiger partial charge in [0.05, 0.1) is 5.52 Å². The summed E-state index contributed by atoms with van der Waals surface area (Å²) in [7, 11) is 0. The van der Waals surface area contributed by atoms with Gasteiger partial charge in [-0.2, -0.15) is 0 Å². The average Bonchev–Trinajstić information content (AvgIpc) is 2.64. The van der Waals surface area contributed by atoms with Gasteiger partial charge in [0.2, 0.25) is 5.95 Å². The van der Waals surface area contributed by atoms with Crippen LogP contribution in [-0.2, 0) is 0 Å². The van der Waals surface area contributed by atoms with Crippen LogP contribution in [0.15, 0.2) is 54.6 Å². The first-order valence-corrected chi connectivity index (χ1v) is 8.79. The predicted molar refractivity (Wildman–Crippen MR) is 108 cm³/mol. The minimum Gasteiger partial charge on any atom is -0.508 e. The van der Waals surface area contributed by atoms with Crippen molar-refractivity contribution in [3.05, 3.63) is 71.3 Å². The average molecular weight is 356 g/mol. The molecule has 1 heterocycles. The highest BCUT2D eigenvalue weighted by atomic mass is 16.3. The minimum atomic E-state index is 0.216. The Morgan fingerprint density at radius 2 is 1.52 bits per heavy atom. The third kappa shape index (κ3) is 3.31. The van der Waals surface area contributed by atoms with E-state index in [2.05, 4.69) is 58.6 Å². The van der Waals surface area contributed by atoms with Gasteiger partial charge in [-0.3, -0.25) is 0 Å². The smallest absolute Gasteiger partial charge is 0.247 e. The molecule has 0 aliphatic carbocycles. The number of hydrogen-bond donors (Lipinski definition) is 2. The van der Waals surface area contributed by atoms with E-state index < -0.39 is 0 Å². The van der Waals surface area contributed by atoms with Crippen LogP contribution < -0.4 is 5.32 Å². The monoisotopic (exact) mass is 356 g/mol. The maximum atomic E-state index is 9.39. The van der Waals surface area contributed by atoms with E-state index >= 15 is 0 Å². The van der Waals surface area contributed by atoms with Gasteiger partial charge in [-0.1, -0.05) is 18.2 Å². The van der Waals surface area contributed by atoms with Crippen molar-refractivity contribution in [2.75, 3.05) is 5.32 Å². The lowest BCUT2D eigenvalue weighted by molar-refractivity contribution is 0.475. The molecule has 0 bridgehead atoms. The molecule has 0 saturated heterocycles. The Bertz CT molecular complexity index is 1120. The fourth-order valence-electron chi connectivity index (χ4n) is 3.35. The fourth-order valence-corrected chi connectivity index (χ4v) is 3.35. The molecule has 27 heavy (non-hydrogen) atoms. The number of aromatic nitrogens is 3. The summed E-state index contributed by atoms with van der Waals surface area (Å²) in [6.07, 6.45) is 0. The van der Waals surface area contributed by atoms with Crippen molar-refractivity contribution in [3.63, 3.8) is 0 Å². The number of aryl methyl sites for hydroxylation is 3. The number of nitrogens with one attached hydrogen (secondary N) is 1. The quantitative estimate of drug-likeness (QED) is 0.502. The molecule has 5 nitrogen and oxygen atoms in total. The zero-order chi connectivity index (χ0) is 19.0. The second kappa shape index (κ2) is 6.68. The van der Waals surface area contributed by atoms with Crippen LogP contribution in [-0.4, -0.2) is 20.3 Å². The normalized spacial score (nSPS) is 10.9. The Morgan fingerprint density at radius 3 is 2.22 bits per heavy atom. The molecule has 5 heteroatoms. The van der Waals surface area contributed by atoms with Gasteiger partial charge in [0.25, 0.3) is 0 Å². The molecule has 0 spiro atoms. The summed E-state index contributed by atoms with van der Waals surface area (Å²) in [5.74, 6) is 0.643. The fraction of sp³-hybridized carbons (Fsp3) is 0.136. The van der Waals surface area contributed by atoms with Crippen LogP contribution in [0.3, 0.4) is 0 Å². The van der Waals surface area contributed by atoms with Gasteiger partial charge in [-0.05, 0) is 85.0 Å². The first-order valence-electron chi connectivity index (χ1n) is 8.79. The van der Waals surface area contributed by atoms with Gasteiger partial charge in [-0.15, -0.1) is 10.2 Å². The Hall–Kier alpha value is -3.47. The van der Waals surface area contributed by atoms with Gasteiger partial charge >= 0.3 is 0 Å². The van der Waals surface area contributed by atoms with Crippen LogP contribution in [0.5, 0.6) is 5.75 Å². The highest BCUT2D eigenvalue weighted by Crippen LogP contribution is 2.31. The van der Waals surface area contributed by atoms with E-state index in [0.717, 1.165) is 27.8 Å². The van der Waals surface area contributed by atoms with E-state index in [1.54, 1.807) is 24.3 Å². The van der Waals surface area contributed by atoms with Crippen molar-refractivity contribution in [2.45, 2.75) is 20.8 Å². The van der Waals surface area contributed by atoms with E-state index in [0.29, 0.717) is 5.95 Å². The number of anilines is 2. The second-order valence-corrected chi connectivity index (χ2v) is 6.73. The van der Waals surface area contributed by atoms with Crippen molar-refractivity contribution < 1.29 is 5.11 Å². The molecular formula is C22H20N4O. The summed E-state index contributed by atoms with van der Waals surface area (Å²) in [6.45, 7) is 6.28. The standard InChI is InChI=1S/C22H20N4O/c1-13-5-4-6-14(2)20(13)16-11-15(3)21-19(12-16)25-26-22(24-21)23-17-7-9-18(27)10-8-17/h4-12,27H,1-3H3,(H,23,24,26). The molecule has 2 N–H and O–H groups in total. The van der Waals surface area contributed by atoms with E-state index in [9.17, 15) is 5.11 Å². The molecule has 0 saturated carbocycles. The molecule has 0 aliphatic rings. The predicted octanol–water partition coefficient (Wildman–Crippen LogP) is 5.07. The van der Waals surface area contributed by atoms with Crippen molar-refractivity contribution in [1.29, 1.82) is 0 Å². The molecule has 0 fully saturated rings. The zero-order valence-corrected chi connectivity index (χ0v) is 15.5. The number of hydrogen-bond acceptors (Lipinski definition) is 5. The van der Waals surface area contributed by atoms with Crippen LogP contribution in [0.4, 0.5) is 11.6 Å². The number of phenolic OH excluding ortho intramolecular Hbond substituents is 1. The number of rotatable bonds is 3. The SMILES string of the molecule is Cc1cccc(C)c1-c1cc(C)c2nc(Nc3ccc(O)cc3)nnc2c1. The van der Waals surface area contributed by atoms with Crippen LogP contribution in [0.1, 0.15) is 16.7 Å². The van der Waals surface area contributed by atoms with Gasteiger partial charge in [-0.25, -0.2) is 4.98 Å². The van der Waals surface area contributed by atoms with Crippen LogP contribution >= 0.6 is 0 Å². The third-order valence-electron chi connectivity index (χ3n) is 4.64. The van der Waals surface area contributed by atoms with Gasteiger partial charge in [0.1, 0.15) is 11.3 Å². The van der Waals surface area contributed by atoms with Crippen molar-refractivity contribution in [3.8, 4) is 16.9 Å². The molecule has 0 aliphatic heterocycles. The lowest BCUT2D eigenvalue weighted by Crippen LogP contribution is -2.01. The molecule has 0 atom stereocenters. The molecule has 1 aromatic heterocycles. The van der Waals surface area contributed by atoms with Crippen LogP contribution in [0.25, 0.3) is 22.2 Å². The molecule has 4 rings (SSSR count). The summed E-state index contributed by atoms with van der Waals surface area (Å²) >= 11 is 0. The van der Waals surface area contributed by atoms with Crippen molar-refractivity contribution in [2.24, 2.45) is 0 Å². The maximum absolute atomic E-state index is 9.39. The topological polar surface area (TPSA) is 70.9 Å². The Labute approximate surface area is 157 Å². The second-order valence-electron chi connectivity index (χ2n) is 6.73. The molecule has 0 radical (unpaired) electrons. The summed E-state index contributed by atoms with van der Waals surface area (Å²) in [5, 5.41) is 21.1. The first-order chi connectivity index (χ1) is 13.0. The zero-order valence-electron chi connectivity index (χ0n) is 15.5. The number of benzene rings is 3. The highest BCUT2D eigenvalue weighted by Gasteiger charge is 2.11. The summed E-state index contributed by atoms with van der Waals surface area (Å²) in [4.78, 5) is 4.62. The van der Waals surface area contributed by atoms with Crippen molar-refractivity contribution in [1.82, 2.24) is 15.2 Å². The molecule has 0 amide bonds. The third-order valence-corrected chi connectivity index (χ3v) is 4.64. The number of fused-ring (bicyclic) bond motifs is 1. The van der Waals surface area contributed by atoms with E-state index in [-0.39, 0.29) is 5.75 Å². The van der Waals surface area contributed by atoms with Gasteiger partial charge in [0, 0.05) is 5.69 Å². The molecule has 134 valence electrons. The Kier molecular flexibility index (Phi) is 4.20. The molecule has 4 aromatic rings. The number of aromatic hydroxyl groups is 1. The number of phenols is 1. The first kappa shape index (κ1) is 17.0. The molecule has 3 aromatic carbocycles. The molecular weight excluding hydrogens is 336 g/mol. The Morgan fingerprint density at radius 1 is 0.815 bits per heavy atom. The molecule has 0 unspecified atom stereocenters. The number of nitrogens with zero attached hydrogens (tertiary/aromatic N) is 3. The van der Waals surface area contributed by atoms with E-state index in [1.807, 2.05) is 13.0 Å². The highest BCUT2D eigenvalue weighted by molar-refractivity contribution is 5.86. The maximum Gasteiger partial charge on any atom is 0.247 e. The van der Waals surface area contributed by atoms with Crippen molar-refractivity contribution >= 4 is 22.7 Å². The lowest BCUT2D eigenvalue weighted by atomic mass is 9.94. The Balaban J connectivity index is 1.75. The lowest BCUT2D eigenvalue weighted by Gasteiger charge is -2.12. The summed E-state index contributed by atoms with van der Waals surface area (Å²) in [5.41, 5.74) is 8.26. The van der Waals surface area contributed by atoms with E-state index in [1.165, 1.54) is 16.7 Å². The van der Waals surface area contributed by atoms with Gasteiger partial charge in [0.15, 0.2) is 0 Å². The van der Waals surface area contributed by atoms with E-state index in [4.69, 9.17) is 0 Å².